The monoisotopic (exact) mass is 281 g/mol. The smallest absolute Gasteiger partial charge is 0.129 e. The van der Waals surface area contributed by atoms with Gasteiger partial charge in [0.1, 0.15) is 12.4 Å². The van der Waals surface area contributed by atoms with E-state index in [4.69, 9.17) is 4.74 Å². The van der Waals surface area contributed by atoms with Gasteiger partial charge in [0, 0.05) is 17.3 Å². The van der Waals surface area contributed by atoms with Crippen molar-refractivity contribution in [1.82, 2.24) is 4.98 Å². The number of halogens is 1. The van der Waals surface area contributed by atoms with Gasteiger partial charge in [-0.15, -0.1) is 0 Å². The molecule has 0 N–H and O–H groups in total. The lowest BCUT2D eigenvalue weighted by atomic mass is 9.94. The summed E-state index contributed by atoms with van der Waals surface area (Å²) in [4.78, 5) is 4.89. The number of ether oxygens (including phenoxy) is 1. The molecule has 1 aliphatic rings. The molecule has 1 atom stereocenters. The normalized spacial score (nSPS) is 19.0. The first-order valence-corrected chi connectivity index (χ1v) is 6.51. The van der Waals surface area contributed by atoms with Crippen LogP contribution in [0.1, 0.15) is 34.5 Å². The summed E-state index contributed by atoms with van der Waals surface area (Å²) in [6.07, 6.45) is 7.10. The summed E-state index contributed by atoms with van der Waals surface area (Å²) >= 11 is 3.68. The zero-order valence-electron chi connectivity index (χ0n) is 9.50. The van der Waals surface area contributed by atoms with Crippen LogP contribution in [0.2, 0.25) is 0 Å². The molecule has 1 aliphatic carbocycles. The first-order chi connectivity index (χ1) is 7.74. The minimum absolute atomic E-state index is 0.378. The van der Waals surface area contributed by atoms with Gasteiger partial charge in [-0.05, 0) is 26.2 Å². The molecule has 2 rings (SSSR count). The number of nitrogens with zero attached hydrogens (tertiary/aromatic N) is 1. The SMILES string of the molecule is C=CCOc1c(C)cnc2c1CCCC2Br. The van der Waals surface area contributed by atoms with Crippen molar-refractivity contribution in [3.8, 4) is 5.75 Å². The molecule has 0 amide bonds. The minimum Gasteiger partial charge on any atom is -0.489 e. The Morgan fingerprint density at radius 1 is 1.69 bits per heavy atom. The van der Waals surface area contributed by atoms with E-state index in [1.54, 1.807) is 6.08 Å². The molecule has 1 aromatic heterocycles. The highest BCUT2D eigenvalue weighted by Gasteiger charge is 2.23. The van der Waals surface area contributed by atoms with Crippen molar-refractivity contribution < 1.29 is 4.74 Å². The molecule has 1 unspecified atom stereocenters. The largest absolute Gasteiger partial charge is 0.489 e. The summed E-state index contributed by atoms with van der Waals surface area (Å²) in [5.41, 5.74) is 3.54. The van der Waals surface area contributed by atoms with Gasteiger partial charge < -0.3 is 4.74 Å². The molecule has 2 nitrogen and oxygen atoms in total. The van der Waals surface area contributed by atoms with Crippen LogP contribution in [-0.2, 0) is 6.42 Å². The third kappa shape index (κ3) is 2.14. The van der Waals surface area contributed by atoms with Crippen LogP contribution in [0.15, 0.2) is 18.9 Å². The average molecular weight is 282 g/mol. The molecule has 0 bridgehead atoms. The summed E-state index contributed by atoms with van der Waals surface area (Å²) in [6.45, 7) is 6.29. The van der Waals surface area contributed by atoms with Crippen LogP contribution < -0.4 is 4.74 Å². The maximum absolute atomic E-state index is 5.75. The fourth-order valence-corrected chi connectivity index (χ4v) is 2.83. The van der Waals surface area contributed by atoms with Gasteiger partial charge in [-0.3, -0.25) is 4.98 Å². The van der Waals surface area contributed by atoms with E-state index in [1.807, 2.05) is 13.1 Å². The Morgan fingerprint density at radius 3 is 3.25 bits per heavy atom. The maximum atomic E-state index is 5.75. The van der Waals surface area contributed by atoms with Crippen LogP contribution in [-0.4, -0.2) is 11.6 Å². The van der Waals surface area contributed by atoms with Gasteiger partial charge in [-0.2, -0.15) is 0 Å². The van der Waals surface area contributed by atoms with Crippen LogP contribution in [0.5, 0.6) is 5.75 Å². The molecule has 0 aromatic carbocycles. The van der Waals surface area contributed by atoms with E-state index in [2.05, 4.69) is 27.5 Å². The van der Waals surface area contributed by atoms with Gasteiger partial charge in [0.15, 0.2) is 0 Å². The molecule has 0 saturated carbocycles. The van der Waals surface area contributed by atoms with Crippen molar-refractivity contribution in [3.05, 3.63) is 35.7 Å². The molecule has 0 spiro atoms. The van der Waals surface area contributed by atoms with Crippen molar-refractivity contribution in [1.29, 1.82) is 0 Å². The second kappa shape index (κ2) is 5.00. The summed E-state index contributed by atoms with van der Waals surface area (Å²) in [7, 11) is 0. The number of hydrogen-bond acceptors (Lipinski definition) is 2. The Hall–Kier alpha value is -0.830. The number of aryl methyl sites for hydroxylation is 1. The molecule has 86 valence electrons. The number of hydrogen-bond donors (Lipinski definition) is 0. The Kier molecular flexibility index (Phi) is 3.64. The fraction of sp³-hybridized carbons (Fsp3) is 0.462. The van der Waals surface area contributed by atoms with Crippen molar-refractivity contribution in [3.63, 3.8) is 0 Å². The first kappa shape index (κ1) is 11.6. The van der Waals surface area contributed by atoms with E-state index < -0.39 is 0 Å². The van der Waals surface area contributed by atoms with Crippen molar-refractivity contribution in [2.75, 3.05) is 6.61 Å². The Labute approximate surface area is 105 Å². The molecule has 0 saturated heterocycles. The molecule has 1 heterocycles. The molecule has 0 aliphatic heterocycles. The van der Waals surface area contributed by atoms with Gasteiger partial charge >= 0.3 is 0 Å². The van der Waals surface area contributed by atoms with Gasteiger partial charge in [-0.25, -0.2) is 0 Å². The highest BCUT2D eigenvalue weighted by Crippen LogP contribution is 2.39. The fourth-order valence-electron chi connectivity index (χ4n) is 2.11. The van der Waals surface area contributed by atoms with E-state index in [1.165, 1.54) is 12.0 Å². The maximum Gasteiger partial charge on any atom is 0.129 e. The van der Waals surface area contributed by atoms with E-state index in [0.717, 1.165) is 29.8 Å². The summed E-state index contributed by atoms with van der Waals surface area (Å²) in [6, 6.07) is 0. The number of aromatic nitrogens is 1. The van der Waals surface area contributed by atoms with Crippen LogP contribution in [0.3, 0.4) is 0 Å². The van der Waals surface area contributed by atoms with Crippen molar-refractivity contribution in [2.24, 2.45) is 0 Å². The number of rotatable bonds is 3. The quantitative estimate of drug-likeness (QED) is 0.622. The zero-order chi connectivity index (χ0) is 11.5. The van der Waals surface area contributed by atoms with Crippen LogP contribution >= 0.6 is 15.9 Å². The Morgan fingerprint density at radius 2 is 2.50 bits per heavy atom. The molecular weight excluding hydrogens is 266 g/mol. The molecule has 3 heteroatoms. The predicted octanol–water partition coefficient (Wildman–Crippen LogP) is 3.73. The highest BCUT2D eigenvalue weighted by molar-refractivity contribution is 9.09. The number of pyridine rings is 1. The van der Waals surface area contributed by atoms with Gasteiger partial charge in [0.25, 0.3) is 0 Å². The van der Waals surface area contributed by atoms with Gasteiger partial charge in [-0.1, -0.05) is 28.6 Å². The molecule has 0 radical (unpaired) electrons. The lowest BCUT2D eigenvalue weighted by Gasteiger charge is -2.23. The average Bonchev–Trinajstić information content (AvgIpc) is 2.28. The Bertz CT molecular complexity index is 403. The van der Waals surface area contributed by atoms with E-state index >= 15 is 0 Å². The molecule has 1 aromatic rings. The summed E-state index contributed by atoms with van der Waals surface area (Å²) in [5.74, 6) is 1.01. The van der Waals surface area contributed by atoms with Crippen LogP contribution in [0, 0.1) is 6.92 Å². The highest BCUT2D eigenvalue weighted by atomic mass is 79.9. The van der Waals surface area contributed by atoms with Crippen molar-refractivity contribution in [2.45, 2.75) is 31.0 Å². The van der Waals surface area contributed by atoms with E-state index in [-0.39, 0.29) is 0 Å². The van der Waals surface area contributed by atoms with Crippen LogP contribution in [0.4, 0.5) is 0 Å². The standard InChI is InChI=1S/C13H16BrNO/c1-3-7-16-13-9(2)8-15-12-10(13)5-4-6-11(12)14/h3,8,11H,1,4-7H2,2H3. The van der Waals surface area contributed by atoms with Gasteiger partial charge in [0.2, 0.25) is 0 Å². The minimum atomic E-state index is 0.378. The molecule has 16 heavy (non-hydrogen) atoms. The molecule has 0 fully saturated rings. The van der Waals surface area contributed by atoms with Crippen molar-refractivity contribution >= 4 is 15.9 Å². The zero-order valence-corrected chi connectivity index (χ0v) is 11.1. The van der Waals surface area contributed by atoms with E-state index in [9.17, 15) is 0 Å². The van der Waals surface area contributed by atoms with E-state index in [0.29, 0.717) is 11.4 Å². The van der Waals surface area contributed by atoms with Gasteiger partial charge in [0.05, 0.1) is 10.5 Å². The number of alkyl halides is 1. The topological polar surface area (TPSA) is 22.1 Å². The third-order valence-electron chi connectivity index (χ3n) is 2.87. The Balaban J connectivity index is 2.41. The third-order valence-corrected chi connectivity index (χ3v) is 3.76. The summed E-state index contributed by atoms with van der Waals surface area (Å²) < 4.78 is 5.75. The van der Waals surface area contributed by atoms with Crippen LogP contribution in [0.25, 0.3) is 0 Å². The number of fused-ring (bicyclic) bond motifs is 1. The molecular formula is C13H16BrNO. The second-order valence-electron chi connectivity index (χ2n) is 4.09. The lowest BCUT2D eigenvalue weighted by molar-refractivity contribution is 0.353. The summed E-state index contributed by atoms with van der Waals surface area (Å²) in [5, 5.41) is 0. The lowest BCUT2D eigenvalue weighted by Crippen LogP contribution is -2.11. The predicted molar refractivity (Wildman–Crippen MR) is 69.3 cm³/mol. The first-order valence-electron chi connectivity index (χ1n) is 5.60. The second-order valence-corrected chi connectivity index (χ2v) is 5.20.